The maximum Gasteiger partial charge on any atom is 0.417 e. The molecule has 128 valence electrons. The van der Waals surface area contributed by atoms with Gasteiger partial charge in [0.2, 0.25) is 0 Å². The van der Waals surface area contributed by atoms with E-state index >= 15 is 0 Å². The van der Waals surface area contributed by atoms with Crippen LogP contribution in [0.5, 0.6) is 0 Å². The number of benzene rings is 2. The topological polar surface area (TPSA) is 24.1 Å². The molecule has 8 heteroatoms. The van der Waals surface area contributed by atoms with Crippen molar-refractivity contribution in [3.05, 3.63) is 64.4 Å². The second-order valence-corrected chi connectivity index (χ2v) is 5.88. The number of nitrogens with one attached hydrogen (secondary N) is 2. The molecule has 1 unspecified atom stereocenters. The second kappa shape index (κ2) is 7.36. The first-order valence-corrected chi connectivity index (χ1v) is 7.65. The molecular weight excluding hydrogens is 364 g/mol. The molecule has 0 radical (unpaired) electrons. The highest BCUT2D eigenvalue weighted by atomic mass is 35.5. The van der Waals surface area contributed by atoms with Crippen molar-refractivity contribution in [2.24, 2.45) is 0 Å². The maximum atomic E-state index is 12.9. The van der Waals surface area contributed by atoms with Crippen LogP contribution in [0.4, 0.5) is 23.2 Å². The Balaban J connectivity index is 2.06. The van der Waals surface area contributed by atoms with E-state index in [2.05, 4.69) is 10.6 Å². The average Bonchev–Trinajstić information content (AvgIpc) is 2.48. The predicted molar refractivity (Wildman–Crippen MR) is 90.6 cm³/mol. The van der Waals surface area contributed by atoms with Gasteiger partial charge >= 0.3 is 6.18 Å². The lowest BCUT2D eigenvalue weighted by Crippen LogP contribution is -2.31. The summed E-state index contributed by atoms with van der Waals surface area (Å²) in [5.41, 5.74) is 0.00622. The van der Waals surface area contributed by atoms with Gasteiger partial charge in [-0.1, -0.05) is 23.7 Å². The summed E-state index contributed by atoms with van der Waals surface area (Å²) in [5, 5.41) is 5.36. The van der Waals surface area contributed by atoms with Crippen LogP contribution in [0.25, 0.3) is 0 Å². The van der Waals surface area contributed by atoms with Gasteiger partial charge in [-0.15, -0.1) is 0 Å². The van der Waals surface area contributed by atoms with Gasteiger partial charge in [0.25, 0.3) is 0 Å². The second-order valence-electron chi connectivity index (χ2n) is 5.06. The van der Waals surface area contributed by atoms with Gasteiger partial charge in [0.1, 0.15) is 5.82 Å². The summed E-state index contributed by atoms with van der Waals surface area (Å²) in [6, 6.07) is 9.02. The third-order valence-electron chi connectivity index (χ3n) is 3.25. The van der Waals surface area contributed by atoms with Gasteiger partial charge in [-0.05, 0) is 55.0 Å². The third kappa shape index (κ3) is 4.82. The van der Waals surface area contributed by atoms with Crippen molar-refractivity contribution in [1.29, 1.82) is 0 Å². The van der Waals surface area contributed by atoms with Crippen LogP contribution in [0.2, 0.25) is 5.02 Å². The molecule has 2 aromatic rings. The van der Waals surface area contributed by atoms with Gasteiger partial charge in [0.15, 0.2) is 5.11 Å². The lowest BCUT2D eigenvalue weighted by Gasteiger charge is -2.18. The summed E-state index contributed by atoms with van der Waals surface area (Å²) >= 11 is 10.7. The molecule has 2 aromatic carbocycles. The fourth-order valence-corrected chi connectivity index (χ4v) is 2.54. The summed E-state index contributed by atoms with van der Waals surface area (Å²) in [6.45, 7) is 1.80. The van der Waals surface area contributed by atoms with Crippen LogP contribution < -0.4 is 10.6 Å². The van der Waals surface area contributed by atoms with E-state index in [9.17, 15) is 17.6 Å². The molecule has 2 N–H and O–H groups in total. The van der Waals surface area contributed by atoms with E-state index in [1.807, 2.05) is 0 Å². The van der Waals surface area contributed by atoms with Crippen LogP contribution in [0.15, 0.2) is 42.5 Å². The molecule has 0 aliphatic carbocycles. The molecule has 2 nitrogen and oxygen atoms in total. The Kier molecular flexibility index (Phi) is 5.66. The first kappa shape index (κ1) is 18.5. The van der Waals surface area contributed by atoms with Crippen molar-refractivity contribution >= 4 is 34.6 Å². The largest absolute Gasteiger partial charge is 0.417 e. The Labute approximate surface area is 146 Å². The molecule has 0 heterocycles. The molecule has 0 fully saturated rings. The number of anilines is 1. The zero-order valence-corrected chi connectivity index (χ0v) is 14.0. The van der Waals surface area contributed by atoms with Crippen molar-refractivity contribution in [2.75, 3.05) is 5.32 Å². The van der Waals surface area contributed by atoms with Crippen molar-refractivity contribution < 1.29 is 17.6 Å². The van der Waals surface area contributed by atoms with Crippen molar-refractivity contribution in [2.45, 2.75) is 19.1 Å². The van der Waals surface area contributed by atoms with Gasteiger partial charge in [-0.3, -0.25) is 0 Å². The molecular formula is C16H13ClF4N2S. The first-order valence-electron chi connectivity index (χ1n) is 6.86. The Hall–Kier alpha value is -1.86. The van der Waals surface area contributed by atoms with Gasteiger partial charge in [0.05, 0.1) is 16.6 Å². The monoisotopic (exact) mass is 376 g/mol. The maximum absolute atomic E-state index is 12.9. The highest BCUT2D eigenvalue weighted by Crippen LogP contribution is 2.36. The highest BCUT2D eigenvalue weighted by Gasteiger charge is 2.33. The lowest BCUT2D eigenvalue weighted by atomic mass is 10.1. The molecule has 0 spiro atoms. The number of alkyl halides is 3. The third-order valence-corrected chi connectivity index (χ3v) is 3.80. The quantitative estimate of drug-likeness (QED) is 0.543. The van der Waals surface area contributed by atoms with Crippen LogP contribution in [-0.2, 0) is 6.18 Å². The van der Waals surface area contributed by atoms with E-state index in [1.54, 1.807) is 19.1 Å². The number of hydrogen-bond donors (Lipinski definition) is 2. The van der Waals surface area contributed by atoms with E-state index in [0.717, 1.165) is 17.7 Å². The molecule has 0 aliphatic rings. The standard InChI is InChI=1S/C16H13ClF4N2S/c1-9(10-2-4-11(18)5-3-10)22-15(24)23-12-6-7-14(17)13(8-12)16(19,20)21/h2-9H,1H3,(H2,22,23,24). The summed E-state index contributed by atoms with van der Waals surface area (Å²) in [7, 11) is 0. The van der Waals surface area contributed by atoms with E-state index in [-0.39, 0.29) is 27.7 Å². The number of thiocarbonyl (C=S) groups is 1. The molecule has 0 amide bonds. The molecule has 0 saturated heterocycles. The molecule has 24 heavy (non-hydrogen) atoms. The van der Waals surface area contributed by atoms with Gasteiger partial charge in [-0.2, -0.15) is 13.2 Å². The fraction of sp³-hybridized carbons (Fsp3) is 0.188. The van der Waals surface area contributed by atoms with E-state index in [1.165, 1.54) is 18.2 Å². The minimum atomic E-state index is -4.55. The van der Waals surface area contributed by atoms with E-state index in [4.69, 9.17) is 23.8 Å². The molecule has 0 saturated carbocycles. The van der Waals surface area contributed by atoms with Gasteiger partial charge < -0.3 is 10.6 Å². The molecule has 2 rings (SSSR count). The Morgan fingerprint density at radius 2 is 1.75 bits per heavy atom. The lowest BCUT2D eigenvalue weighted by molar-refractivity contribution is -0.137. The first-order chi connectivity index (χ1) is 11.2. The minimum absolute atomic E-state index is 0.141. The zero-order chi connectivity index (χ0) is 17.9. The number of halogens is 5. The van der Waals surface area contributed by atoms with Crippen LogP contribution in [0.1, 0.15) is 24.1 Å². The van der Waals surface area contributed by atoms with Gasteiger partial charge in [-0.25, -0.2) is 4.39 Å². The van der Waals surface area contributed by atoms with Crippen LogP contribution >= 0.6 is 23.8 Å². The van der Waals surface area contributed by atoms with E-state index in [0.29, 0.717) is 0 Å². The highest BCUT2D eigenvalue weighted by molar-refractivity contribution is 7.80. The molecule has 1 atom stereocenters. The van der Waals surface area contributed by atoms with Crippen molar-refractivity contribution in [1.82, 2.24) is 5.32 Å². The number of hydrogen-bond acceptors (Lipinski definition) is 1. The Morgan fingerprint density at radius 1 is 1.12 bits per heavy atom. The van der Waals surface area contributed by atoms with Crippen LogP contribution in [0, 0.1) is 5.82 Å². The smallest absolute Gasteiger partial charge is 0.356 e. The predicted octanol–water partition coefficient (Wildman–Crippen LogP) is 5.55. The SMILES string of the molecule is CC(NC(=S)Nc1ccc(Cl)c(C(F)(F)F)c1)c1ccc(F)cc1. The summed E-state index contributed by atoms with van der Waals surface area (Å²) in [5.74, 6) is -0.354. The molecule has 0 aliphatic heterocycles. The molecule has 0 bridgehead atoms. The van der Waals surface area contributed by atoms with Crippen molar-refractivity contribution in [3.8, 4) is 0 Å². The summed E-state index contributed by atoms with van der Waals surface area (Å²) in [6.07, 6.45) is -4.55. The summed E-state index contributed by atoms with van der Waals surface area (Å²) in [4.78, 5) is 0. The van der Waals surface area contributed by atoms with Crippen LogP contribution in [0.3, 0.4) is 0 Å². The normalized spacial score (nSPS) is 12.6. The van der Waals surface area contributed by atoms with E-state index < -0.39 is 11.7 Å². The van der Waals surface area contributed by atoms with Crippen LogP contribution in [-0.4, -0.2) is 5.11 Å². The van der Waals surface area contributed by atoms with Crippen molar-refractivity contribution in [3.63, 3.8) is 0 Å². The zero-order valence-electron chi connectivity index (χ0n) is 12.4. The van der Waals surface area contributed by atoms with Gasteiger partial charge in [0, 0.05) is 5.69 Å². The average molecular weight is 377 g/mol. The minimum Gasteiger partial charge on any atom is -0.356 e. The Morgan fingerprint density at radius 3 is 2.33 bits per heavy atom. The molecule has 0 aromatic heterocycles. The Bertz CT molecular complexity index is 732. The number of rotatable bonds is 3. The summed E-state index contributed by atoms with van der Waals surface area (Å²) < 4.78 is 51.4. The fourth-order valence-electron chi connectivity index (χ4n) is 2.02.